The molecule has 178 valence electrons. The lowest BCUT2D eigenvalue weighted by Gasteiger charge is -2.29. The zero-order chi connectivity index (χ0) is 24.5. The van der Waals surface area contributed by atoms with Crippen molar-refractivity contribution in [3.8, 4) is 11.3 Å². The molecule has 3 heterocycles. The lowest BCUT2D eigenvalue weighted by molar-refractivity contribution is -0.114. The molecule has 34 heavy (non-hydrogen) atoms. The molecule has 1 amide bonds. The maximum Gasteiger partial charge on any atom is 0.221 e. The van der Waals surface area contributed by atoms with Crippen LogP contribution in [0, 0.1) is 5.82 Å². The fourth-order valence-corrected chi connectivity index (χ4v) is 3.80. The number of carbonyl (C=O) groups is 2. The molecule has 1 aromatic carbocycles. The van der Waals surface area contributed by atoms with Gasteiger partial charge < -0.3 is 20.3 Å². The second kappa shape index (κ2) is 11.9. The molecule has 0 spiro atoms. The first-order chi connectivity index (χ1) is 16.4. The Morgan fingerprint density at radius 3 is 2.68 bits per heavy atom. The molecule has 0 aliphatic carbocycles. The number of nitrogens with zero attached hydrogens (tertiary/aromatic N) is 4. The summed E-state index contributed by atoms with van der Waals surface area (Å²) in [5.74, 6) is 1.05. The highest BCUT2D eigenvalue weighted by molar-refractivity contribution is 5.89. The average molecular weight is 465 g/mol. The van der Waals surface area contributed by atoms with Gasteiger partial charge in [0, 0.05) is 42.9 Å². The van der Waals surface area contributed by atoms with Crippen LogP contribution in [0.15, 0.2) is 48.8 Å². The van der Waals surface area contributed by atoms with E-state index >= 15 is 0 Å². The molecule has 2 aromatic heterocycles. The predicted octanol–water partition coefficient (Wildman–Crippen LogP) is 4.39. The number of nitrogens with one attached hydrogen (secondary N) is 2. The highest BCUT2D eigenvalue weighted by atomic mass is 19.1. The Morgan fingerprint density at radius 2 is 1.97 bits per heavy atom. The first-order valence-electron chi connectivity index (χ1n) is 11.1. The standard InChI is InChI=1S/C23H25FN6O.C2H4O/c1-15(31)26-20-9-17(12-25-13-20)21-11-22(27-19-7-3-6-18(24)10-19)29-23(28-21)16-5-4-8-30(2)14-16;1-2-3/h3,6-7,9-13,16H,4-5,8,14H2,1-2H3,(H,26,31)(H,27,28,29);2H,1H3. The van der Waals surface area contributed by atoms with Crippen LogP contribution in [0.3, 0.4) is 0 Å². The van der Waals surface area contributed by atoms with E-state index in [-0.39, 0.29) is 17.6 Å². The zero-order valence-electron chi connectivity index (χ0n) is 19.6. The molecule has 4 rings (SSSR count). The number of pyridine rings is 1. The third-order valence-corrected chi connectivity index (χ3v) is 5.18. The van der Waals surface area contributed by atoms with Crippen molar-refractivity contribution >= 4 is 29.4 Å². The van der Waals surface area contributed by atoms with Gasteiger partial charge in [0.2, 0.25) is 5.91 Å². The molecule has 0 bridgehead atoms. The number of anilines is 3. The lowest BCUT2D eigenvalue weighted by atomic mass is 9.97. The second-order valence-corrected chi connectivity index (χ2v) is 8.11. The number of rotatable bonds is 5. The number of likely N-dealkylation sites (N-methyl/N-ethyl adjacent to an activating group) is 1. The van der Waals surface area contributed by atoms with Crippen molar-refractivity contribution < 1.29 is 14.0 Å². The Morgan fingerprint density at radius 1 is 1.18 bits per heavy atom. The van der Waals surface area contributed by atoms with Crippen molar-refractivity contribution in [1.82, 2.24) is 19.9 Å². The first kappa shape index (κ1) is 24.9. The van der Waals surface area contributed by atoms with Gasteiger partial charge in [0.25, 0.3) is 0 Å². The smallest absolute Gasteiger partial charge is 0.221 e. The minimum Gasteiger partial charge on any atom is -0.340 e. The van der Waals surface area contributed by atoms with Crippen LogP contribution in [0.1, 0.15) is 38.4 Å². The van der Waals surface area contributed by atoms with E-state index in [1.165, 1.54) is 26.0 Å². The number of halogens is 1. The summed E-state index contributed by atoms with van der Waals surface area (Å²) in [6, 6.07) is 9.92. The third kappa shape index (κ3) is 7.14. The van der Waals surface area contributed by atoms with Gasteiger partial charge in [0.05, 0.1) is 17.6 Å². The molecule has 1 atom stereocenters. The Labute approximate surface area is 198 Å². The summed E-state index contributed by atoms with van der Waals surface area (Å²) in [6.45, 7) is 4.84. The summed E-state index contributed by atoms with van der Waals surface area (Å²) in [5.41, 5.74) is 2.67. The minimum atomic E-state index is -0.319. The van der Waals surface area contributed by atoms with Gasteiger partial charge in [-0.15, -0.1) is 0 Å². The number of piperidine rings is 1. The predicted molar refractivity (Wildman–Crippen MR) is 130 cm³/mol. The van der Waals surface area contributed by atoms with Crippen molar-refractivity contribution in [2.24, 2.45) is 0 Å². The molecule has 0 saturated carbocycles. The van der Waals surface area contributed by atoms with E-state index in [1.54, 1.807) is 24.5 Å². The Balaban J connectivity index is 0.00000103. The molecule has 1 aliphatic heterocycles. The number of hydrogen-bond donors (Lipinski definition) is 2. The van der Waals surface area contributed by atoms with Crippen molar-refractivity contribution in [2.75, 3.05) is 30.8 Å². The molecule has 9 heteroatoms. The summed E-state index contributed by atoms with van der Waals surface area (Å²) in [7, 11) is 2.10. The van der Waals surface area contributed by atoms with Crippen LogP contribution in [-0.2, 0) is 9.59 Å². The fourth-order valence-electron chi connectivity index (χ4n) is 3.80. The van der Waals surface area contributed by atoms with E-state index in [2.05, 4.69) is 27.6 Å². The molecule has 3 aromatic rings. The zero-order valence-corrected chi connectivity index (χ0v) is 19.6. The van der Waals surface area contributed by atoms with Crippen LogP contribution in [0.4, 0.5) is 21.6 Å². The van der Waals surface area contributed by atoms with Gasteiger partial charge in [-0.05, 0) is 57.6 Å². The molecule has 1 aliphatic rings. The Kier molecular flexibility index (Phi) is 8.75. The maximum absolute atomic E-state index is 13.7. The first-order valence-corrected chi connectivity index (χ1v) is 11.1. The van der Waals surface area contributed by atoms with Gasteiger partial charge >= 0.3 is 0 Å². The van der Waals surface area contributed by atoms with Gasteiger partial charge in [-0.2, -0.15) is 0 Å². The molecular weight excluding hydrogens is 435 g/mol. The summed E-state index contributed by atoms with van der Waals surface area (Å²) >= 11 is 0. The number of hydrogen-bond acceptors (Lipinski definition) is 7. The molecule has 8 nitrogen and oxygen atoms in total. The van der Waals surface area contributed by atoms with E-state index < -0.39 is 0 Å². The number of likely N-dealkylation sites (tertiary alicyclic amines) is 1. The van der Waals surface area contributed by atoms with Crippen LogP contribution in [0.25, 0.3) is 11.3 Å². The van der Waals surface area contributed by atoms with E-state index in [1.807, 2.05) is 12.1 Å². The highest BCUT2D eigenvalue weighted by Crippen LogP contribution is 2.29. The van der Waals surface area contributed by atoms with Crippen LogP contribution in [0.2, 0.25) is 0 Å². The van der Waals surface area contributed by atoms with Crippen molar-refractivity contribution in [1.29, 1.82) is 0 Å². The van der Waals surface area contributed by atoms with Crippen LogP contribution >= 0.6 is 0 Å². The summed E-state index contributed by atoms with van der Waals surface area (Å²) in [4.78, 5) is 36.3. The molecular formula is C25H29FN6O2. The molecule has 2 N–H and O–H groups in total. The Hall–Kier alpha value is -3.72. The second-order valence-electron chi connectivity index (χ2n) is 8.11. The molecule has 0 radical (unpaired) electrons. The molecule has 1 fully saturated rings. The van der Waals surface area contributed by atoms with Gasteiger partial charge in [0.15, 0.2) is 0 Å². The van der Waals surface area contributed by atoms with Gasteiger partial charge in [-0.3, -0.25) is 9.78 Å². The van der Waals surface area contributed by atoms with E-state index in [0.29, 0.717) is 22.9 Å². The van der Waals surface area contributed by atoms with Crippen molar-refractivity contribution in [3.05, 3.63) is 60.4 Å². The van der Waals surface area contributed by atoms with Crippen molar-refractivity contribution in [2.45, 2.75) is 32.6 Å². The van der Waals surface area contributed by atoms with Crippen molar-refractivity contribution in [3.63, 3.8) is 0 Å². The number of amides is 1. The van der Waals surface area contributed by atoms with Gasteiger partial charge in [-0.1, -0.05) is 6.07 Å². The van der Waals surface area contributed by atoms with Crippen LogP contribution in [0.5, 0.6) is 0 Å². The Bertz CT molecular complexity index is 1140. The summed E-state index contributed by atoms with van der Waals surface area (Å²) in [6.07, 6.45) is 6.14. The van der Waals surface area contributed by atoms with Gasteiger partial charge in [-0.25, -0.2) is 14.4 Å². The van der Waals surface area contributed by atoms with E-state index in [9.17, 15) is 9.18 Å². The van der Waals surface area contributed by atoms with Crippen LogP contribution in [-0.4, -0.2) is 52.2 Å². The topological polar surface area (TPSA) is 100 Å². The summed E-state index contributed by atoms with van der Waals surface area (Å²) in [5, 5.41) is 5.95. The molecule has 1 unspecified atom stereocenters. The quantitative estimate of drug-likeness (QED) is 0.540. The minimum absolute atomic E-state index is 0.166. The highest BCUT2D eigenvalue weighted by Gasteiger charge is 2.23. The van der Waals surface area contributed by atoms with E-state index in [4.69, 9.17) is 14.8 Å². The normalized spacial score (nSPS) is 15.6. The number of aldehydes is 1. The van der Waals surface area contributed by atoms with Gasteiger partial charge in [0.1, 0.15) is 23.7 Å². The molecule has 1 saturated heterocycles. The fraction of sp³-hybridized carbons (Fsp3) is 0.320. The number of aromatic nitrogens is 3. The summed E-state index contributed by atoms with van der Waals surface area (Å²) < 4.78 is 13.7. The lowest BCUT2D eigenvalue weighted by Crippen LogP contribution is -2.31. The largest absolute Gasteiger partial charge is 0.340 e. The maximum atomic E-state index is 13.7. The SMILES string of the molecule is CC(=O)Nc1cncc(-c2cc(Nc3cccc(F)c3)nc(C3CCCN(C)C3)n2)c1.CC=O. The third-order valence-electron chi connectivity index (χ3n) is 5.18. The van der Waals surface area contributed by atoms with E-state index in [0.717, 1.165) is 43.6 Å². The monoisotopic (exact) mass is 464 g/mol. The number of benzene rings is 1. The number of carbonyl (C=O) groups excluding carboxylic acids is 2. The average Bonchev–Trinajstić information content (AvgIpc) is 2.79. The van der Waals surface area contributed by atoms with Crippen LogP contribution < -0.4 is 10.6 Å².